The van der Waals surface area contributed by atoms with Crippen LogP contribution in [0, 0.1) is 0 Å². The molecule has 11 rings (SSSR count). The van der Waals surface area contributed by atoms with Crippen molar-refractivity contribution in [2.75, 3.05) is 0 Å². The predicted octanol–water partition coefficient (Wildman–Crippen LogP) is 14.4. The maximum Gasteiger partial charge on any atom is 0.416 e. The summed E-state index contributed by atoms with van der Waals surface area (Å²) in [4.78, 5) is 10.3. The molecular formula is C53H33F3N4. The van der Waals surface area contributed by atoms with Crippen molar-refractivity contribution < 1.29 is 13.2 Å². The summed E-state index contributed by atoms with van der Waals surface area (Å²) in [5.41, 5.74) is 10.7. The number of para-hydroxylation sites is 4. The number of hydrogen-bond donors (Lipinski definition) is 0. The van der Waals surface area contributed by atoms with Gasteiger partial charge in [0.25, 0.3) is 0 Å². The summed E-state index contributed by atoms with van der Waals surface area (Å²) in [6.45, 7) is 0. The van der Waals surface area contributed by atoms with Gasteiger partial charge in [-0.25, -0.2) is 9.97 Å². The Labute approximate surface area is 343 Å². The second kappa shape index (κ2) is 14.0. The van der Waals surface area contributed by atoms with Crippen LogP contribution in [0.25, 0.3) is 100 Å². The lowest BCUT2D eigenvalue weighted by molar-refractivity contribution is -0.137. The van der Waals surface area contributed by atoms with Gasteiger partial charge in [0.15, 0.2) is 5.82 Å². The SMILES string of the molecule is FC(F)(F)c1ccc2c(c1)c1ccccc1n2-c1cc(-c2nc(-c3ccccc3)cc(-c3ccccc3)n2)ccc1-c1ccccc1-n1c2ccccc2c2ccccc21. The normalized spacial score (nSPS) is 11.9. The fraction of sp³-hybridized carbons (Fsp3) is 0.0189. The third kappa shape index (κ3) is 5.85. The van der Waals surface area contributed by atoms with Crippen LogP contribution in [0.5, 0.6) is 0 Å². The molecule has 7 heteroatoms. The Hall–Kier alpha value is -7.77. The minimum absolute atomic E-state index is 0.515. The van der Waals surface area contributed by atoms with Crippen molar-refractivity contribution in [2.45, 2.75) is 6.18 Å². The summed E-state index contributed by atoms with van der Waals surface area (Å²) in [7, 11) is 0. The molecular weight excluding hydrogens is 750 g/mol. The number of aromatic nitrogens is 4. The minimum atomic E-state index is -4.50. The van der Waals surface area contributed by atoms with Crippen molar-refractivity contribution in [1.82, 2.24) is 19.1 Å². The zero-order chi connectivity index (χ0) is 40.4. The molecule has 4 nitrogen and oxygen atoms in total. The van der Waals surface area contributed by atoms with Gasteiger partial charge in [0.2, 0.25) is 0 Å². The molecule has 0 aliphatic heterocycles. The fourth-order valence-electron chi connectivity index (χ4n) is 8.66. The summed E-state index contributed by atoms with van der Waals surface area (Å²) in [6.07, 6.45) is -4.50. The van der Waals surface area contributed by atoms with Crippen molar-refractivity contribution in [3.8, 4) is 56.4 Å². The Bertz CT molecular complexity index is 3310. The Morgan fingerprint density at radius 2 is 0.817 bits per heavy atom. The van der Waals surface area contributed by atoms with Crippen molar-refractivity contribution >= 4 is 43.6 Å². The van der Waals surface area contributed by atoms with Gasteiger partial charge in [-0.1, -0.05) is 146 Å². The second-order valence-corrected chi connectivity index (χ2v) is 14.9. The van der Waals surface area contributed by atoms with E-state index in [2.05, 4.69) is 88.0 Å². The first-order chi connectivity index (χ1) is 29.4. The maximum absolute atomic E-state index is 14.3. The van der Waals surface area contributed by atoms with E-state index in [1.807, 2.05) is 103 Å². The number of halogens is 3. The van der Waals surface area contributed by atoms with Gasteiger partial charge < -0.3 is 9.13 Å². The molecule has 3 aromatic heterocycles. The number of benzene rings is 8. The first-order valence-corrected chi connectivity index (χ1v) is 19.7. The van der Waals surface area contributed by atoms with Crippen molar-refractivity contribution in [2.24, 2.45) is 0 Å². The smallest absolute Gasteiger partial charge is 0.309 e. The zero-order valence-electron chi connectivity index (χ0n) is 32.0. The maximum atomic E-state index is 14.3. The van der Waals surface area contributed by atoms with E-state index in [0.29, 0.717) is 16.7 Å². The lowest BCUT2D eigenvalue weighted by Gasteiger charge is -2.20. The average Bonchev–Trinajstić information content (AvgIpc) is 3.81. The highest BCUT2D eigenvalue weighted by atomic mass is 19.4. The summed E-state index contributed by atoms with van der Waals surface area (Å²) in [5, 5.41) is 3.53. The predicted molar refractivity (Wildman–Crippen MR) is 237 cm³/mol. The Morgan fingerprint density at radius 1 is 0.350 bits per heavy atom. The third-order valence-corrected chi connectivity index (χ3v) is 11.4. The molecule has 0 saturated carbocycles. The third-order valence-electron chi connectivity index (χ3n) is 11.4. The lowest BCUT2D eigenvalue weighted by Crippen LogP contribution is -2.05. The molecule has 0 N–H and O–H groups in total. The highest BCUT2D eigenvalue weighted by molar-refractivity contribution is 6.11. The zero-order valence-corrected chi connectivity index (χ0v) is 32.0. The molecule has 0 aliphatic rings. The van der Waals surface area contributed by atoms with Crippen molar-refractivity contribution in [1.29, 1.82) is 0 Å². The summed E-state index contributed by atoms with van der Waals surface area (Å²) >= 11 is 0. The second-order valence-electron chi connectivity index (χ2n) is 14.9. The molecule has 0 radical (unpaired) electrons. The standard InChI is InChI=1S/C53H33F3N4/c54-53(55,56)37-28-30-50-43(32-37)41-22-10-14-26-49(41)60(50)51-31-36(52-57-44(34-15-3-1-4-16-34)33-45(58-52)35-17-5-2-6-18-35)27-29-42(51)40-21-9-13-25-48(40)59-46-23-11-7-19-38(46)39-20-8-12-24-47(39)59/h1-33H. The van der Waals surface area contributed by atoms with Crippen LogP contribution in [-0.2, 0) is 6.18 Å². The molecule has 0 saturated heterocycles. The highest BCUT2D eigenvalue weighted by Gasteiger charge is 2.31. The van der Waals surface area contributed by atoms with Gasteiger partial charge in [-0.2, -0.15) is 13.2 Å². The fourth-order valence-corrected chi connectivity index (χ4v) is 8.66. The van der Waals surface area contributed by atoms with Gasteiger partial charge in [-0.05, 0) is 54.6 Å². The van der Waals surface area contributed by atoms with Crippen LogP contribution in [0.15, 0.2) is 200 Å². The molecule has 0 bridgehead atoms. The van der Waals surface area contributed by atoms with Gasteiger partial charge >= 0.3 is 6.18 Å². The van der Waals surface area contributed by atoms with Gasteiger partial charge in [0.05, 0.1) is 50.4 Å². The van der Waals surface area contributed by atoms with Crippen LogP contribution in [0.1, 0.15) is 5.56 Å². The molecule has 11 aromatic rings. The molecule has 3 heterocycles. The Kier molecular flexibility index (Phi) is 8.23. The van der Waals surface area contributed by atoms with Crippen molar-refractivity contribution in [3.63, 3.8) is 0 Å². The van der Waals surface area contributed by atoms with Crippen LogP contribution < -0.4 is 0 Å². The first-order valence-electron chi connectivity index (χ1n) is 19.7. The highest BCUT2D eigenvalue weighted by Crippen LogP contribution is 2.43. The van der Waals surface area contributed by atoms with E-state index in [1.165, 1.54) is 12.1 Å². The van der Waals surface area contributed by atoms with Gasteiger partial charge in [0.1, 0.15) is 0 Å². The monoisotopic (exact) mass is 782 g/mol. The molecule has 0 amide bonds. The van der Waals surface area contributed by atoms with E-state index >= 15 is 0 Å². The summed E-state index contributed by atoms with van der Waals surface area (Å²) in [6, 6.07) is 65.2. The summed E-state index contributed by atoms with van der Waals surface area (Å²) < 4.78 is 47.2. The van der Waals surface area contributed by atoms with Gasteiger partial charge in [-0.15, -0.1) is 0 Å². The molecule has 286 valence electrons. The molecule has 8 aromatic carbocycles. The number of alkyl halides is 3. The molecule has 60 heavy (non-hydrogen) atoms. The quantitative estimate of drug-likeness (QED) is 0.168. The van der Waals surface area contributed by atoms with Gasteiger partial charge in [0, 0.05) is 49.4 Å². The molecule has 0 aliphatic carbocycles. The van der Waals surface area contributed by atoms with E-state index in [9.17, 15) is 13.2 Å². The van der Waals surface area contributed by atoms with E-state index in [0.717, 1.165) is 83.3 Å². The van der Waals surface area contributed by atoms with E-state index in [4.69, 9.17) is 9.97 Å². The first kappa shape index (κ1) is 35.4. The van der Waals surface area contributed by atoms with Crippen molar-refractivity contribution in [3.05, 3.63) is 206 Å². The number of hydrogen-bond acceptors (Lipinski definition) is 2. The van der Waals surface area contributed by atoms with E-state index in [1.54, 1.807) is 6.07 Å². The topological polar surface area (TPSA) is 35.6 Å². The van der Waals surface area contributed by atoms with Crippen LogP contribution in [0.2, 0.25) is 0 Å². The summed E-state index contributed by atoms with van der Waals surface area (Å²) in [5.74, 6) is 0.527. The van der Waals surface area contributed by atoms with E-state index < -0.39 is 11.7 Å². The van der Waals surface area contributed by atoms with Crippen LogP contribution >= 0.6 is 0 Å². The number of nitrogens with zero attached hydrogens (tertiary/aromatic N) is 4. The molecule has 0 unspecified atom stereocenters. The van der Waals surface area contributed by atoms with E-state index in [-0.39, 0.29) is 0 Å². The lowest BCUT2D eigenvalue weighted by atomic mass is 9.98. The Morgan fingerprint density at radius 3 is 1.40 bits per heavy atom. The Balaban J connectivity index is 1.22. The van der Waals surface area contributed by atoms with Gasteiger partial charge in [-0.3, -0.25) is 0 Å². The average molecular weight is 783 g/mol. The molecule has 0 spiro atoms. The van der Waals surface area contributed by atoms with Crippen LogP contribution in [0.4, 0.5) is 13.2 Å². The number of rotatable bonds is 6. The molecule has 0 fully saturated rings. The molecule has 0 atom stereocenters. The largest absolute Gasteiger partial charge is 0.416 e. The minimum Gasteiger partial charge on any atom is -0.309 e. The van der Waals surface area contributed by atoms with Crippen LogP contribution in [-0.4, -0.2) is 19.1 Å². The van der Waals surface area contributed by atoms with Crippen LogP contribution in [0.3, 0.4) is 0 Å². The number of fused-ring (bicyclic) bond motifs is 6.